The molecule has 0 aliphatic carbocycles. The highest BCUT2D eigenvalue weighted by Gasteiger charge is 2.26. The van der Waals surface area contributed by atoms with E-state index in [0.717, 1.165) is 12.1 Å². The number of rotatable bonds is 8. The quantitative estimate of drug-likeness (QED) is 0.544. The number of carbonyl (C=O) groups excluding carboxylic acids is 1. The number of primary amides is 1. The molecule has 0 aliphatic heterocycles. The Kier molecular flexibility index (Phi) is 5.83. The van der Waals surface area contributed by atoms with E-state index in [1.807, 2.05) is 0 Å². The lowest BCUT2D eigenvalue weighted by Crippen LogP contribution is -2.30. The van der Waals surface area contributed by atoms with Crippen molar-refractivity contribution in [3.05, 3.63) is 28.3 Å². The molecule has 0 radical (unpaired) electrons. The van der Waals surface area contributed by atoms with Crippen LogP contribution in [0.5, 0.6) is 5.75 Å². The lowest BCUT2D eigenvalue weighted by molar-refractivity contribution is -0.386. The highest BCUT2D eigenvalue weighted by Crippen LogP contribution is 2.30. The van der Waals surface area contributed by atoms with E-state index in [4.69, 9.17) is 10.5 Å². The van der Waals surface area contributed by atoms with Crippen molar-refractivity contribution < 1.29 is 22.9 Å². The first-order valence-electron chi connectivity index (χ1n) is 6.43. The monoisotopic (exact) mass is 331 g/mol. The van der Waals surface area contributed by atoms with Gasteiger partial charge in [-0.05, 0) is 12.1 Å². The molecular weight excluding hydrogens is 314 g/mol. The van der Waals surface area contributed by atoms with Crippen LogP contribution in [0, 0.1) is 10.1 Å². The van der Waals surface area contributed by atoms with Crippen LogP contribution in [-0.4, -0.2) is 43.2 Å². The molecule has 0 saturated carbocycles. The number of hydrogen-bond acceptors (Lipinski definition) is 6. The number of hydrogen-bond donors (Lipinski definition) is 1. The van der Waals surface area contributed by atoms with E-state index in [-0.39, 0.29) is 23.7 Å². The van der Waals surface area contributed by atoms with Crippen LogP contribution in [0.25, 0.3) is 0 Å². The standard InChI is InChI=1S/C12H17N3O6S/c1-3-14(4-2)22(19,20)9-5-6-11(21-8-12(13)16)10(7-9)15(17)18/h5-7H,3-4,8H2,1-2H3,(H2,13,16). The second-order valence-corrected chi connectivity index (χ2v) is 6.17. The van der Waals surface area contributed by atoms with Crippen LogP contribution in [0.3, 0.4) is 0 Å². The van der Waals surface area contributed by atoms with Crippen LogP contribution in [0.15, 0.2) is 23.1 Å². The van der Waals surface area contributed by atoms with E-state index in [1.165, 1.54) is 10.4 Å². The minimum absolute atomic E-state index is 0.214. The maximum Gasteiger partial charge on any atom is 0.312 e. The number of nitro benzene ring substituents is 1. The first kappa shape index (κ1) is 17.9. The van der Waals surface area contributed by atoms with Gasteiger partial charge in [-0.3, -0.25) is 14.9 Å². The zero-order valence-corrected chi connectivity index (χ0v) is 13.0. The zero-order valence-electron chi connectivity index (χ0n) is 12.2. The van der Waals surface area contributed by atoms with Crippen molar-refractivity contribution >= 4 is 21.6 Å². The summed E-state index contributed by atoms with van der Waals surface area (Å²) in [4.78, 5) is 20.7. The van der Waals surface area contributed by atoms with Crippen LogP contribution in [0.1, 0.15) is 13.8 Å². The van der Waals surface area contributed by atoms with Crippen molar-refractivity contribution in [1.29, 1.82) is 0 Å². The van der Waals surface area contributed by atoms with Crippen LogP contribution in [-0.2, 0) is 14.8 Å². The number of nitrogens with two attached hydrogens (primary N) is 1. The molecule has 1 aromatic carbocycles. The highest BCUT2D eigenvalue weighted by atomic mass is 32.2. The molecule has 22 heavy (non-hydrogen) atoms. The first-order valence-corrected chi connectivity index (χ1v) is 7.87. The number of benzene rings is 1. The Morgan fingerprint density at radius 1 is 1.36 bits per heavy atom. The Hall–Kier alpha value is -2.20. The van der Waals surface area contributed by atoms with E-state index in [2.05, 4.69) is 0 Å². The van der Waals surface area contributed by atoms with Gasteiger partial charge in [0.25, 0.3) is 5.91 Å². The summed E-state index contributed by atoms with van der Waals surface area (Å²) in [7, 11) is -3.82. The molecule has 1 aromatic rings. The Balaban J connectivity index is 3.28. The summed E-state index contributed by atoms with van der Waals surface area (Å²) in [5.41, 5.74) is 4.36. The Bertz CT molecular complexity index is 669. The predicted octanol–water partition coefficient (Wildman–Crippen LogP) is 0.489. The molecule has 0 atom stereocenters. The molecule has 0 saturated heterocycles. The van der Waals surface area contributed by atoms with Gasteiger partial charge >= 0.3 is 5.69 Å². The molecule has 0 heterocycles. The topological polar surface area (TPSA) is 133 Å². The Morgan fingerprint density at radius 3 is 2.41 bits per heavy atom. The summed E-state index contributed by atoms with van der Waals surface area (Å²) in [5, 5.41) is 11.1. The molecule has 9 nitrogen and oxygen atoms in total. The lowest BCUT2D eigenvalue weighted by Gasteiger charge is -2.18. The average Bonchev–Trinajstić information content (AvgIpc) is 2.45. The largest absolute Gasteiger partial charge is 0.477 e. The fraction of sp³-hybridized carbons (Fsp3) is 0.417. The zero-order chi connectivity index (χ0) is 16.9. The number of amides is 1. The van der Waals surface area contributed by atoms with Crippen molar-refractivity contribution in [3.63, 3.8) is 0 Å². The van der Waals surface area contributed by atoms with Gasteiger partial charge in [-0.25, -0.2) is 8.42 Å². The molecular formula is C12H17N3O6S. The number of nitro groups is 1. The van der Waals surface area contributed by atoms with E-state index in [9.17, 15) is 23.3 Å². The van der Waals surface area contributed by atoms with Crippen LogP contribution >= 0.6 is 0 Å². The van der Waals surface area contributed by atoms with Crippen LogP contribution in [0.4, 0.5) is 5.69 Å². The van der Waals surface area contributed by atoms with Crippen molar-refractivity contribution in [2.24, 2.45) is 5.73 Å². The SMILES string of the molecule is CCN(CC)S(=O)(=O)c1ccc(OCC(N)=O)c([N+](=O)[O-])c1. The molecule has 122 valence electrons. The van der Waals surface area contributed by atoms with Gasteiger partial charge in [0.1, 0.15) is 0 Å². The van der Waals surface area contributed by atoms with E-state index in [0.29, 0.717) is 0 Å². The maximum absolute atomic E-state index is 12.3. The molecule has 0 bridgehead atoms. The minimum atomic E-state index is -3.82. The molecule has 1 rings (SSSR count). The number of carbonyl (C=O) groups is 1. The van der Waals surface area contributed by atoms with E-state index < -0.39 is 33.1 Å². The van der Waals surface area contributed by atoms with E-state index in [1.54, 1.807) is 13.8 Å². The van der Waals surface area contributed by atoms with Crippen molar-refractivity contribution in [1.82, 2.24) is 4.31 Å². The normalized spacial score (nSPS) is 11.4. The number of nitrogens with zero attached hydrogens (tertiary/aromatic N) is 2. The van der Waals surface area contributed by atoms with Gasteiger partial charge in [-0.1, -0.05) is 13.8 Å². The summed E-state index contributed by atoms with van der Waals surface area (Å²) in [6.45, 7) is 3.28. The molecule has 2 N–H and O–H groups in total. The molecule has 0 aliphatic rings. The summed E-state index contributed by atoms with van der Waals surface area (Å²) >= 11 is 0. The summed E-state index contributed by atoms with van der Waals surface area (Å²) < 4.78 is 30.8. The van der Waals surface area contributed by atoms with Gasteiger partial charge < -0.3 is 10.5 Å². The number of sulfonamides is 1. The fourth-order valence-electron chi connectivity index (χ4n) is 1.78. The fourth-order valence-corrected chi connectivity index (χ4v) is 3.26. The molecule has 10 heteroatoms. The molecule has 0 aromatic heterocycles. The summed E-state index contributed by atoms with van der Waals surface area (Å²) in [6.07, 6.45) is 0. The van der Waals surface area contributed by atoms with E-state index >= 15 is 0 Å². The summed E-state index contributed by atoms with van der Waals surface area (Å²) in [5.74, 6) is -1.02. The Morgan fingerprint density at radius 2 is 1.95 bits per heavy atom. The third kappa shape index (κ3) is 3.92. The molecule has 0 fully saturated rings. The smallest absolute Gasteiger partial charge is 0.312 e. The van der Waals surface area contributed by atoms with Gasteiger partial charge in [-0.15, -0.1) is 0 Å². The second-order valence-electron chi connectivity index (χ2n) is 4.23. The predicted molar refractivity (Wildman–Crippen MR) is 77.9 cm³/mol. The molecule has 0 unspecified atom stereocenters. The van der Waals surface area contributed by atoms with Gasteiger partial charge in [0.15, 0.2) is 12.4 Å². The van der Waals surface area contributed by atoms with Crippen LogP contribution < -0.4 is 10.5 Å². The average molecular weight is 331 g/mol. The molecule has 1 amide bonds. The Labute approximate surface area is 127 Å². The van der Waals surface area contributed by atoms with Gasteiger partial charge in [0.2, 0.25) is 10.0 Å². The second kappa shape index (κ2) is 7.18. The van der Waals surface area contributed by atoms with Crippen LogP contribution in [0.2, 0.25) is 0 Å². The third-order valence-corrected chi connectivity index (χ3v) is 4.89. The number of ether oxygens (including phenoxy) is 1. The first-order chi connectivity index (χ1) is 10.2. The van der Waals surface area contributed by atoms with Crippen molar-refractivity contribution in [2.45, 2.75) is 18.7 Å². The maximum atomic E-state index is 12.3. The lowest BCUT2D eigenvalue weighted by atomic mass is 10.3. The van der Waals surface area contributed by atoms with Gasteiger partial charge in [0, 0.05) is 19.2 Å². The third-order valence-electron chi connectivity index (χ3n) is 2.84. The van der Waals surface area contributed by atoms with Crippen molar-refractivity contribution in [3.8, 4) is 5.75 Å². The minimum Gasteiger partial charge on any atom is -0.477 e. The van der Waals surface area contributed by atoms with Crippen molar-refractivity contribution in [2.75, 3.05) is 19.7 Å². The molecule has 0 spiro atoms. The van der Waals surface area contributed by atoms with Gasteiger partial charge in [-0.2, -0.15) is 4.31 Å². The van der Waals surface area contributed by atoms with Gasteiger partial charge in [0.05, 0.1) is 9.82 Å². The summed E-state index contributed by atoms with van der Waals surface area (Å²) in [6, 6.07) is 3.23. The highest BCUT2D eigenvalue weighted by molar-refractivity contribution is 7.89.